The SMILES string of the molecule is CC(C)CN1[C@@H]2CCCC[C@H]2N(CC(C)C)P1(=O)N[C@H](C#Cc1ccccc1)c1ccccc1. The molecule has 2 aliphatic rings. The molecule has 1 N–H and O–H groups in total. The van der Waals surface area contributed by atoms with Gasteiger partial charge in [0.2, 0.25) is 0 Å². The van der Waals surface area contributed by atoms with E-state index in [2.05, 4.69) is 66.1 Å². The van der Waals surface area contributed by atoms with Crippen molar-refractivity contribution in [1.82, 2.24) is 14.4 Å². The summed E-state index contributed by atoms with van der Waals surface area (Å²) in [6.07, 6.45) is 4.70. The Morgan fingerprint density at radius 3 is 1.85 bits per heavy atom. The van der Waals surface area contributed by atoms with Crippen molar-refractivity contribution in [2.24, 2.45) is 11.8 Å². The molecule has 1 aliphatic heterocycles. The molecule has 4 rings (SSSR count). The standard InChI is InChI=1S/C29H40N3OP/c1-23(2)21-31-28-17-11-12-18-29(28)32(22-24(3)4)34(31,33)30-27(26-15-9-6-10-16-26)20-19-25-13-7-5-8-14-25/h5-10,13-16,23-24,27-29H,11-12,17-18,21-22H2,1-4H3,(H,30,33)/t27-,28-,29-/m1/s1. The van der Waals surface area contributed by atoms with Gasteiger partial charge in [0.25, 0.3) is 7.59 Å². The third-order valence-electron chi connectivity index (χ3n) is 6.83. The predicted octanol–water partition coefficient (Wildman–Crippen LogP) is 6.72. The Balaban J connectivity index is 1.75. The second kappa shape index (κ2) is 11.2. The topological polar surface area (TPSA) is 35.6 Å². The molecule has 3 atom stereocenters. The van der Waals surface area contributed by atoms with E-state index in [0.29, 0.717) is 23.9 Å². The summed E-state index contributed by atoms with van der Waals surface area (Å²) >= 11 is 0. The molecule has 2 fully saturated rings. The molecule has 4 nitrogen and oxygen atoms in total. The highest BCUT2D eigenvalue weighted by Crippen LogP contribution is 2.62. The lowest BCUT2D eigenvalue weighted by Crippen LogP contribution is -2.41. The van der Waals surface area contributed by atoms with E-state index in [9.17, 15) is 0 Å². The van der Waals surface area contributed by atoms with E-state index in [4.69, 9.17) is 0 Å². The normalized spacial score (nSPS) is 23.5. The summed E-state index contributed by atoms with van der Waals surface area (Å²) in [4.78, 5) is 0. The molecule has 1 saturated heterocycles. The second-order valence-electron chi connectivity index (χ2n) is 10.6. The highest BCUT2D eigenvalue weighted by molar-refractivity contribution is 7.57. The van der Waals surface area contributed by atoms with Crippen LogP contribution in [0.25, 0.3) is 0 Å². The van der Waals surface area contributed by atoms with Crippen molar-refractivity contribution in [1.29, 1.82) is 0 Å². The fourth-order valence-electron chi connectivity index (χ4n) is 5.41. The van der Waals surface area contributed by atoms with E-state index >= 15 is 4.57 Å². The maximum atomic E-state index is 15.2. The Morgan fingerprint density at radius 1 is 0.853 bits per heavy atom. The molecular formula is C29H40N3OP. The average Bonchev–Trinajstić information content (AvgIpc) is 3.05. The molecule has 0 aromatic heterocycles. The van der Waals surface area contributed by atoms with Crippen molar-refractivity contribution >= 4 is 7.59 Å². The number of benzene rings is 2. The highest BCUT2D eigenvalue weighted by atomic mass is 31.2. The summed E-state index contributed by atoms with van der Waals surface area (Å²) < 4.78 is 19.9. The average molecular weight is 478 g/mol. The second-order valence-corrected chi connectivity index (χ2v) is 13.0. The molecule has 2 aromatic rings. The smallest absolute Gasteiger partial charge is 0.270 e. The van der Waals surface area contributed by atoms with Crippen molar-refractivity contribution < 1.29 is 4.57 Å². The number of nitrogens with zero attached hydrogens (tertiary/aromatic N) is 2. The highest BCUT2D eigenvalue weighted by Gasteiger charge is 2.55. The van der Waals surface area contributed by atoms with Gasteiger partial charge >= 0.3 is 0 Å². The van der Waals surface area contributed by atoms with Crippen LogP contribution >= 0.6 is 7.59 Å². The fourth-order valence-corrected chi connectivity index (χ4v) is 8.99. The van der Waals surface area contributed by atoms with Gasteiger partial charge in [-0.3, -0.25) is 4.57 Å². The molecule has 0 spiro atoms. The maximum absolute atomic E-state index is 15.2. The quantitative estimate of drug-likeness (QED) is 0.355. The van der Waals surface area contributed by atoms with Gasteiger partial charge in [-0.05, 0) is 42.4 Å². The summed E-state index contributed by atoms with van der Waals surface area (Å²) in [5, 5.41) is 3.68. The molecule has 182 valence electrons. The predicted molar refractivity (Wildman–Crippen MR) is 142 cm³/mol. The van der Waals surface area contributed by atoms with Crippen LogP contribution in [0.5, 0.6) is 0 Å². The van der Waals surface area contributed by atoms with Gasteiger partial charge < -0.3 is 0 Å². The van der Waals surface area contributed by atoms with Gasteiger partial charge in [0, 0.05) is 30.7 Å². The fraction of sp³-hybridized carbons (Fsp3) is 0.517. The van der Waals surface area contributed by atoms with Gasteiger partial charge in [-0.15, -0.1) is 0 Å². The molecule has 34 heavy (non-hydrogen) atoms. The van der Waals surface area contributed by atoms with Crippen LogP contribution in [0.15, 0.2) is 60.7 Å². The summed E-state index contributed by atoms with van der Waals surface area (Å²) in [6, 6.07) is 20.7. The van der Waals surface area contributed by atoms with Gasteiger partial charge in [-0.2, -0.15) is 0 Å². The third kappa shape index (κ3) is 5.67. The molecule has 1 heterocycles. The zero-order valence-corrected chi connectivity index (χ0v) is 22.0. The minimum atomic E-state index is -3.03. The molecule has 5 heteroatoms. The zero-order valence-electron chi connectivity index (χ0n) is 21.2. The zero-order chi connectivity index (χ0) is 24.1. The molecule has 2 aromatic carbocycles. The van der Waals surface area contributed by atoms with E-state index in [1.54, 1.807) is 0 Å². The Morgan fingerprint density at radius 2 is 1.35 bits per heavy atom. The van der Waals surface area contributed by atoms with E-state index in [1.165, 1.54) is 12.8 Å². The molecule has 0 unspecified atom stereocenters. The van der Waals surface area contributed by atoms with E-state index in [0.717, 1.165) is 37.1 Å². The summed E-state index contributed by atoms with van der Waals surface area (Å²) in [5.41, 5.74) is 2.03. The monoisotopic (exact) mass is 477 g/mol. The Kier molecular flexibility index (Phi) is 8.33. The number of fused-ring (bicyclic) bond motifs is 1. The first-order chi connectivity index (χ1) is 16.4. The molecule has 0 radical (unpaired) electrons. The Hall–Kier alpha value is -1.89. The van der Waals surface area contributed by atoms with Crippen molar-refractivity contribution in [2.75, 3.05) is 13.1 Å². The molecule has 1 aliphatic carbocycles. The van der Waals surface area contributed by atoms with Crippen LogP contribution in [0.3, 0.4) is 0 Å². The first kappa shape index (κ1) is 25.2. The lowest BCUT2D eigenvalue weighted by atomic mass is 9.89. The number of hydrogen-bond acceptors (Lipinski definition) is 1. The van der Waals surface area contributed by atoms with Crippen molar-refractivity contribution in [2.45, 2.75) is 71.5 Å². The van der Waals surface area contributed by atoms with Crippen molar-refractivity contribution in [3.05, 3.63) is 71.8 Å². The summed E-state index contributed by atoms with van der Waals surface area (Å²) in [7, 11) is -3.03. The molecular weight excluding hydrogens is 437 g/mol. The molecule has 1 saturated carbocycles. The number of rotatable bonds is 7. The van der Waals surface area contributed by atoms with E-state index in [1.807, 2.05) is 48.5 Å². The number of nitrogens with one attached hydrogen (secondary N) is 1. The van der Waals surface area contributed by atoms with Crippen molar-refractivity contribution in [3.8, 4) is 11.8 Å². The minimum Gasteiger partial charge on any atom is -0.270 e. The Bertz CT molecular complexity index is 998. The minimum absolute atomic E-state index is 0.309. The van der Waals surface area contributed by atoms with Crippen molar-refractivity contribution in [3.63, 3.8) is 0 Å². The van der Waals surface area contributed by atoms with E-state index in [-0.39, 0.29) is 6.04 Å². The van der Waals surface area contributed by atoms with Crippen LogP contribution in [-0.4, -0.2) is 34.5 Å². The van der Waals surface area contributed by atoms with Crippen LogP contribution in [0.2, 0.25) is 0 Å². The van der Waals surface area contributed by atoms with Crippen LogP contribution in [0.4, 0.5) is 0 Å². The largest absolute Gasteiger partial charge is 0.286 e. The maximum Gasteiger partial charge on any atom is 0.286 e. The van der Waals surface area contributed by atoms with Crippen LogP contribution in [0, 0.1) is 23.7 Å². The first-order valence-corrected chi connectivity index (χ1v) is 14.5. The summed E-state index contributed by atoms with van der Waals surface area (Å²) in [5.74, 6) is 7.68. The van der Waals surface area contributed by atoms with Gasteiger partial charge in [-0.1, -0.05) is 101 Å². The van der Waals surface area contributed by atoms with Crippen LogP contribution < -0.4 is 5.09 Å². The van der Waals surface area contributed by atoms with Gasteiger partial charge in [-0.25, -0.2) is 14.4 Å². The van der Waals surface area contributed by atoms with Gasteiger partial charge in [0.05, 0.1) is 0 Å². The molecule has 0 amide bonds. The van der Waals surface area contributed by atoms with E-state index < -0.39 is 7.59 Å². The number of hydrogen-bond donors (Lipinski definition) is 1. The van der Waals surface area contributed by atoms with Crippen LogP contribution in [0.1, 0.15) is 70.5 Å². The third-order valence-corrected chi connectivity index (χ3v) is 9.73. The first-order valence-electron chi connectivity index (χ1n) is 12.9. The summed E-state index contributed by atoms with van der Waals surface area (Å²) in [6.45, 7) is 10.6. The molecule has 0 bridgehead atoms. The van der Waals surface area contributed by atoms with Gasteiger partial charge in [0.15, 0.2) is 0 Å². The lowest BCUT2D eigenvalue weighted by Gasteiger charge is -2.35. The van der Waals surface area contributed by atoms with Crippen LogP contribution in [-0.2, 0) is 4.57 Å². The Labute approximate surface area is 206 Å². The lowest BCUT2D eigenvalue weighted by molar-refractivity contribution is 0.188. The van der Waals surface area contributed by atoms with Gasteiger partial charge in [0.1, 0.15) is 6.04 Å².